The van der Waals surface area contributed by atoms with Gasteiger partial charge >= 0.3 is 0 Å². The smallest absolute Gasteiger partial charge is 0.294 e. The van der Waals surface area contributed by atoms with Crippen LogP contribution < -0.4 is 4.90 Å². The largest absolute Gasteiger partial charge is 0.311 e. The minimum absolute atomic E-state index is 0.191. The molecule has 2 heterocycles. The maximum absolute atomic E-state index is 12.6. The molecule has 8 heteroatoms. The minimum Gasteiger partial charge on any atom is -0.311 e. The first-order chi connectivity index (χ1) is 10.8. The van der Waals surface area contributed by atoms with Crippen molar-refractivity contribution in [2.24, 2.45) is 0 Å². The summed E-state index contributed by atoms with van der Waals surface area (Å²) in [6.45, 7) is 0.191. The number of fused-ring (bicyclic) bond motifs is 1. The minimum atomic E-state index is -0.418. The van der Waals surface area contributed by atoms with Gasteiger partial charge in [-0.1, -0.05) is 15.9 Å². The van der Waals surface area contributed by atoms with Crippen molar-refractivity contribution in [3.05, 3.63) is 33.1 Å². The molecule has 1 aromatic rings. The molecule has 1 aromatic carbocycles. The monoisotopic (exact) mass is 395 g/mol. The van der Waals surface area contributed by atoms with Gasteiger partial charge in [-0.2, -0.15) is 0 Å². The first-order valence-electron chi connectivity index (χ1n) is 6.82. The van der Waals surface area contributed by atoms with Crippen molar-refractivity contribution in [2.45, 2.75) is 0 Å². The molecule has 0 atom stereocenters. The highest BCUT2D eigenvalue weighted by molar-refractivity contribution is 9.10. The highest BCUT2D eigenvalue weighted by atomic mass is 79.9. The van der Waals surface area contributed by atoms with Crippen LogP contribution in [0.25, 0.3) is 5.57 Å². The molecule has 0 radical (unpaired) electrons. The molecule has 0 aliphatic carbocycles. The number of carbonyl (C=O) groups excluding carboxylic acids is 3. The molecule has 0 bridgehead atoms. The lowest BCUT2D eigenvalue weighted by Gasteiger charge is -2.17. The van der Waals surface area contributed by atoms with E-state index in [1.165, 1.54) is 4.90 Å². The van der Waals surface area contributed by atoms with Crippen LogP contribution in [0.2, 0.25) is 0 Å². The highest BCUT2D eigenvalue weighted by Crippen LogP contribution is 2.44. The standard InChI is InChI=1S/C15H14BrN3O3S/c1-17(2)7-19-14(21)12(23-15(19)22)11-9-6-8(16)4-5-10(9)18(3)13(11)20/h4-6H,7H2,1-3H3/b12-11+. The van der Waals surface area contributed by atoms with Crippen LogP contribution in [0.5, 0.6) is 0 Å². The van der Waals surface area contributed by atoms with Crippen LogP contribution in [0.1, 0.15) is 5.56 Å². The summed E-state index contributed by atoms with van der Waals surface area (Å²) < 4.78 is 0.810. The number of thioether (sulfide) groups is 1. The van der Waals surface area contributed by atoms with Gasteiger partial charge in [0.1, 0.15) is 0 Å². The lowest BCUT2D eigenvalue weighted by Crippen LogP contribution is -2.36. The normalized spacial score (nSPS) is 21.0. The van der Waals surface area contributed by atoms with E-state index < -0.39 is 5.91 Å². The second kappa shape index (κ2) is 5.77. The summed E-state index contributed by atoms with van der Waals surface area (Å²) in [5, 5.41) is -0.356. The van der Waals surface area contributed by atoms with Crippen LogP contribution in [-0.4, -0.2) is 54.7 Å². The molecule has 2 aliphatic rings. The summed E-state index contributed by atoms with van der Waals surface area (Å²) >= 11 is 4.21. The molecule has 1 saturated heterocycles. The van der Waals surface area contributed by atoms with Gasteiger partial charge < -0.3 is 4.90 Å². The van der Waals surface area contributed by atoms with Gasteiger partial charge in [0.15, 0.2) is 0 Å². The van der Waals surface area contributed by atoms with Crippen LogP contribution in [0.15, 0.2) is 27.6 Å². The van der Waals surface area contributed by atoms with Crippen molar-refractivity contribution in [2.75, 3.05) is 32.7 Å². The molecular weight excluding hydrogens is 382 g/mol. The van der Waals surface area contributed by atoms with E-state index in [0.717, 1.165) is 26.8 Å². The zero-order valence-corrected chi connectivity index (χ0v) is 15.2. The lowest BCUT2D eigenvalue weighted by atomic mass is 10.1. The van der Waals surface area contributed by atoms with Crippen LogP contribution >= 0.6 is 27.7 Å². The molecule has 6 nitrogen and oxygen atoms in total. The number of rotatable bonds is 2. The van der Waals surface area contributed by atoms with Gasteiger partial charge in [-0.15, -0.1) is 0 Å². The summed E-state index contributed by atoms with van der Waals surface area (Å²) in [5.41, 5.74) is 1.70. The zero-order chi connectivity index (χ0) is 16.9. The third kappa shape index (κ3) is 2.60. The van der Waals surface area contributed by atoms with Gasteiger partial charge in [-0.25, -0.2) is 0 Å². The Kier molecular flexibility index (Phi) is 4.07. The Hall–Kier alpha value is -1.64. The van der Waals surface area contributed by atoms with Gasteiger partial charge in [0.05, 0.1) is 22.8 Å². The molecule has 23 heavy (non-hydrogen) atoms. The van der Waals surface area contributed by atoms with Gasteiger partial charge in [-0.3, -0.25) is 24.2 Å². The van der Waals surface area contributed by atoms with E-state index in [1.807, 2.05) is 12.1 Å². The molecule has 120 valence electrons. The molecule has 0 aromatic heterocycles. The van der Waals surface area contributed by atoms with E-state index in [2.05, 4.69) is 15.9 Å². The Morgan fingerprint density at radius 1 is 1.17 bits per heavy atom. The topological polar surface area (TPSA) is 60.9 Å². The van der Waals surface area contributed by atoms with Crippen molar-refractivity contribution in [1.82, 2.24) is 9.80 Å². The number of anilines is 1. The SMILES string of the molecule is CN(C)CN1C(=O)S/C(=C2/C(=O)N(C)c3ccc(Br)cc32)C1=O. The highest BCUT2D eigenvalue weighted by Gasteiger charge is 2.42. The second-order valence-corrected chi connectivity index (χ2v) is 7.43. The van der Waals surface area contributed by atoms with Crippen molar-refractivity contribution < 1.29 is 14.4 Å². The van der Waals surface area contributed by atoms with Gasteiger partial charge in [0.2, 0.25) is 0 Å². The first kappa shape index (κ1) is 16.2. The third-order valence-corrected chi connectivity index (χ3v) is 5.08. The number of hydrogen-bond acceptors (Lipinski definition) is 5. The van der Waals surface area contributed by atoms with E-state index >= 15 is 0 Å². The fourth-order valence-electron chi connectivity index (χ4n) is 2.57. The lowest BCUT2D eigenvalue weighted by molar-refractivity contribution is -0.124. The molecular formula is C15H14BrN3O3S. The Labute approximate surface area is 146 Å². The molecule has 3 rings (SSSR count). The van der Waals surface area contributed by atoms with E-state index in [0.29, 0.717) is 11.1 Å². The summed E-state index contributed by atoms with van der Waals surface area (Å²) in [4.78, 5) is 41.9. The number of benzene rings is 1. The van der Waals surface area contributed by atoms with Crippen molar-refractivity contribution in [1.29, 1.82) is 0 Å². The Bertz CT molecular complexity index is 775. The maximum atomic E-state index is 12.6. The molecule has 0 N–H and O–H groups in total. The fourth-order valence-corrected chi connectivity index (χ4v) is 3.85. The maximum Gasteiger partial charge on any atom is 0.294 e. The van der Waals surface area contributed by atoms with Gasteiger partial charge in [-0.05, 0) is 44.1 Å². The average Bonchev–Trinajstić information content (AvgIpc) is 2.87. The summed E-state index contributed by atoms with van der Waals surface area (Å²) in [6.07, 6.45) is 0. The van der Waals surface area contributed by atoms with Crippen molar-refractivity contribution >= 4 is 56.0 Å². The zero-order valence-electron chi connectivity index (χ0n) is 12.8. The fraction of sp³-hybridized carbons (Fsp3) is 0.267. The summed E-state index contributed by atoms with van der Waals surface area (Å²) in [7, 11) is 5.21. The third-order valence-electron chi connectivity index (χ3n) is 3.61. The number of imide groups is 1. The molecule has 2 aliphatic heterocycles. The molecule has 3 amide bonds. The summed E-state index contributed by atoms with van der Waals surface area (Å²) in [5.74, 6) is -0.688. The van der Waals surface area contributed by atoms with Crippen molar-refractivity contribution in [3.63, 3.8) is 0 Å². The van der Waals surface area contributed by atoms with Crippen LogP contribution in [0.3, 0.4) is 0 Å². The predicted octanol–water partition coefficient (Wildman–Crippen LogP) is 2.35. The number of likely N-dealkylation sites (N-methyl/N-ethyl adjacent to an activating group) is 1. The quantitative estimate of drug-likeness (QED) is 0.719. The Balaban J connectivity index is 2.13. The van der Waals surface area contributed by atoms with Gasteiger partial charge in [0.25, 0.3) is 17.1 Å². The Morgan fingerprint density at radius 3 is 2.52 bits per heavy atom. The predicted molar refractivity (Wildman–Crippen MR) is 92.9 cm³/mol. The average molecular weight is 396 g/mol. The number of nitrogens with zero attached hydrogens (tertiary/aromatic N) is 3. The molecule has 0 spiro atoms. The van der Waals surface area contributed by atoms with Crippen LogP contribution in [-0.2, 0) is 9.59 Å². The summed E-state index contributed by atoms with van der Waals surface area (Å²) in [6, 6.07) is 5.45. The van der Waals surface area contributed by atoms with Crippen LogP contribution in [0.4, 0.5) is 10.5 Å². The second-order valence-electron chi connectivity index (χ2n) is 5.55. The van der Waals surface area contributed by atoms with Crippen molar-refractivity contribution in [3.8, 4) is 0 Å². The van der Waals surface area contributed by atoms with E-state index in [4.69, 9.17) is 0 Å². The number of carbonyl (C=O) groups is 3. The first-order valence-corrected chi connectivity index (χ1v) is 8.43. The van der Waals surface area contributed by atoms with Crippen LogP contribution in [0, 0.1) is 0 Å². The number of halogens is 1. The van der Waals surface area contributed by atoms with E-state index in [-0.39, 0.29) is 22.7 Å². The molecule has 0 saturated carbocycles. The van der Waals surface area contributed by atoms with E-state index in [9.17, 15) is 14.4 Å². The molecule has 0 unspecified atom stereocenters. The molecule has 1 fully saturated rings. The number of amides is 3. The Morgan fingerprint density at radius 2 is 1.87 bits per heavy atom. The van der Waals surface area contributed by atoms with E-state index in [1.54, 1.807) is 32.1 Å². The van der Waals surface area contributed by atoms with Gasteiger partial charge in [0, 0.05) is 17.1 Å². The number of hydrogen-bond donors (Lipinski definition) is 0.